The molecular weight excluding hydrogens is 428 g/mol. The molecule has 168 valence electrons. The maximum atomic E-state index is 12.0. The maximum absolute atomic E-state index is 12.0. The number of anilines is 1. The Hall–Kier alpha value is -2.92. The summed E-state index contributed by atoms with van der Waals surface area (Å²) in [5, 5.41) is 13.1. The lowest BCUT2D eigenvalue weighted by atomic mass is 10.1. The first-order valence-corrected chi connectivity index (χ1v) is 11.6. The lowest BCUT2D eigenvalue weighted by molar-refractivity contribution is -0.121. The second kappa shape index (κ2) is 8.21. The van der Waals surface area contributed by atoms with Crippen molar-refractivity contribution < 1.29 is 9.53 Å². The first-order valence-electron chi connectivity index (χ1n) is 10.6. The minimum atomic E-state index is -0.164. The lowest BCUT2D eigenvalue weighted by Crippen LogP contribution is -2.44. The molecule has 1 unspecified atom stereocenters. The molecule has 10 nitrogen and oxygen atoms in total. The van der Waals surface area contributed by atoms with Crippen molar-refractivity contribution in [3.05, 3.63) is 28.7 Å². The summed E-state index contributed by atoms with van der Waals surface area (Å²) >= 11 is 1.63. The second-order valence-corrected chi connectivity index (χ2v) is 9.26. The van der Waals surface area contributed by atoms with Gasteiger partial charge in [0.1, 0.15) is 10.8 Å². The van der Waals surface area contributed by atoms with Crippen molar-refractivity contribution >= 4 is 34.7 Å². The van der Waals surface area contributed by atoms with Gasteiger partial charge in [-0.25, -0.2) is 9.67 Å². The Balaban J connectivity index is 1.51. The summed E-state index contributed by atoms with van der Waals surface area (Å²) in [5.74, 6) is 1.89. The highest BCUT2D eigenvalue weighted by Gasteiger charge is 2.30. The van der Waals surface area contributed by atoms with Crippen molar-refractivity contribution in [3.8, 4) is 5.75 Å². The van der Waals surface area contributed by atoms with E-state index in [4.69, 9.17) is 15.6 Å². The van der Waals surface area contributed by atoms with Crippen LogP contribution in [0, 0.1) is 13.8 Å². The molecule has 0 spiro atoms. The van der Waals surface area contributed by atoms with E-state index in [1.807, 2.05) is 24.7 Å². The number of ether oxygens (including phenoxy) is 1. The van der Waals surface area contributed by atoms with Gasteiger partial charge in [0.15, 0.2) is 5.65 Å². The smallest absolute Gasteiger partial charge is 0.237 e. The Labute approximate surface area is 189 Å². The van der Waals surface area contributed by atoms with Crippen LogP contribution in [0.25, 0.3) is 11.0 Å². The van der Waals surface area contributed by atoms with Crippen molar-refractivity contribution in [1.82, 2.24) is 35.4 Å². The van der Waals surface area contributed by atoms with Crippen LogP contribution in [0.5, 0.6) is 5.75 Å². The van der Waals surface area contributed by atoms with Gasteiger partial charge in [0.25, 0.3) is 0 Å². The van der Waals surface area contributed by atoms with Gasteiger partial charge in [-0.15, -0.1) is 11.8 Å². The van der Waals surface area contributed by atoms with E-state index in [0.29, 0.717) is 25.2 Å². The van der Waals surface area contributed by atoms with Gasteiger partial charge in [-0.05, 0) is 20.3 Å². The zero-order valence-corrected chi connectivity index (χ0v) is 19.1. The van der Waals surface area contributed by atoms with Crippen LogP contribution in [-0.2, 0) is 17.8 Å². The molecule has 0 radical (unpaired) electrons. The number of amides is 1. The number of hydrogen-bond acceptors (Lipinski definition) is 9. The third-order valence-corrected chi connectivity index (χ3v) is 7.18. The number of methoxy groups -OCH3 is 1. The zero-order valence-electron chi connectivity index (χ0n) is 18.3. The number of nitrogens with two attached hydrogens (primary N) is 1. The summed E-state index contributed by atoms with van der Waals surface area (Å²) in [6.45, 7) is 5.14. The van der Waals surface area contributed by atoms with Crippen LogP contribution in [0.15, 0.2) is 11.2 Å². The van der Waals surface area contributed by atoms with Gasteiger partial charge in [0.05, 0.1) is 36.5 Å². The van der Waals surface area contributed by atoms with Crippen LogP contribution in [-0.4, -0.2) is 62.1 Å². The molecule has 4 N–H and O–H groups in total. The van der Waals surface area contributed by atoms with E-state index < -0.39 is 0 Å². The number of aryl methyl sites for hydroxylation is 1. The van der Waals surface area contributed by atoms with E-state index >= 15 is 0 Å². The monoisotopic (exact) mass is 454 g/mol. The summed E-state index contributed by atoms with van der Waals surface area (Å²) in [5.41, 5.74) is 10.5. The molecule has 1 fully saturated rings. The molecule has 2 atom stereocenters. The Kier molecular flexibility index (Phi) is 5.38. The average Bonchev–Trinajstić information content (AvgIpc) is 3.26. The number of hydrogen-bond donors (Lipinski definition) is 3. The third-order valence-electron chi connectivity index (χ3n) is 6.04. The van der Waals surface area contributed by atoms with Crippen molar-refractivity contribution in [1.29, 1.82) is 0 Å². The van der Waals surface area contributed by atoms with E-state index in [2.05, 4.69) is 25.6 Å². The Morgan fingerprint density at radius 2 is 2.22 bits per heavy atom. The van der Waals surface area contributed by atoms with Crippen LogP contribution in [0.1, 0.15) is 28.9 Å². The lowest BCUT2D eigenvalue weighted by Gasteiger charge is -2.19. The molecule has 5 rings (SSSR count). The number of thioether (sulfide) groups is 1. The summed E-state index contributed by atoms with van der Waals surface area (Å²) in [7, 11) is 1.67. The van der Waals surface area contributed by atoms with Gasteiger partial charge in [-0.3, -0.25) is 9.78 Å². The molecule has 0 aliphatic carbocycles. The average molecular weight is 455 g/mol. The van der Waals surface area contributed by atoms with Gasteiger partial charge in [-0.1, -0.05) is 0 Å². The fourth-order valence-electron chi connectivity index (χ4n) is 4.47. The molecule has 5 heterocycles. The highest BCUT2D eigenvalue weighted by Crippen LogP contribution is 2.34. The maximum Gasteiger partial charge on any atom is 0.237 e. The molecule has 32 heavy (non-hydrogen) atoms. The highest BCUT2D eigenvalue weighted by molar-refractivity contribution is 7.99. The van der Waals surface area contributed by atoms with Crippen molar-refractivity contribution in [3.63, 3.8) is 0 Å². The molecule has 1 saturated heterocycles. The molecular formula is C21H26N8O2S. The van der Waals surface area contributed by atoms with Crippen molar-refractivity contribution in [2.45, 2.75) is 50.3 Å². The molecule has 2 aliphatic rings. The fraction of sp³-hybridized carbons (Fsp3) is 0.476. The van der Waals surface area contributed by atoms with Gasteiger partial charge in [0.2, 0.25) is 11.9 Å². The predicted octanol–water partition coefficient (Wildman–Crippen LogP) is 0.972. The summed E-state index contributed by atoms with van der Waals surface area (Å²) in [4.78, 5) is 25.7. The molecule has 11 heteroatoms. The molecule has 1 amide bonds. The largest absolute Gasteiger partial charge is 0.496 e. The molecule has 0 bridgehead atoms. The Bertz CT molecular complexity index is 1210. The highest BCUT2D eigenvalue weighted by atomic mass is 32.2. The topological polar surface area (TPSA) is 133 Å². The third kappa shape index (κ3) is 3.65. The van der Waals surface area contributed by atoms with Crippen LogP contribution < -0.4 is 21.1 Å². The number of carbonyl (C=O) groups is 1. The summed E-state index contributed by atoms with van der Waals surface area (Å²) in [6.07, 6.45) is 3.29. The zero-order chi connectivity index (χ0) is 22.4. The molecule has 3 aromatic rings. The Morgan fingerprint density at radius 1 is 1.38 bits per heavy atom. The van der Waals surface area contributed by atoms with Crippen LogP contribution in [0.2, 0.25) is 0 Å². The first-order chi connectivity index (χ1) is 15.4. The van der Waals surface area contributed by atoms with E-state index in [-0.39, 0.29) is 23.9 Å². The Morgan fingerprint density at radius 3 is 2.97 bits per heavy atom. The van der Waals surface area contributed by atoms with E-state index in [9.17, 15) is 4.79 Å². The van der Waals surface area contributed by atoms with Crippen LogP contribution >= 0.6 is 11.8 Å². The number of nitrogens with zero attached hydrogens (tertiary/aromatic N) is 5. The molecule has 3 aromatic heterocycles. The SMILES string of the molecule is COc1c(C)cnc(Cn2nc3c4c(nc(N)nc42)SCC(N[C@@H]2CCNC2=O)C3)c1C. The minimum Gasteiger partial charge on any atom is -0.496 e. The first kappa shape index (κ1) is 21.0. The number of rotatable bonds is 5. The fourth-order valence-corrected chi connectivity index (χ4v) is 5.56. The number of nitrogen functional groups attached to an aromatic ring is 1. The summed E-state index contributed by atoms with van der Waals surface area (Å²) in [6, 6.07) is -0.0717. The normalized spacial score (nSPS) is 20.4. The quantitative estimate of drug-likeness (QED) is 0.482. The van der Waals surface area contributed by atoms with Crippen molar-refractivity contribution in [2.75, 3.05) is 25.1 Å². The number of carbonyl (C=O) groups excluding carboxylic acids is 1. The van der Waals surface area contributed by atoms with Gasteiger partial charge in [0, 0.05) is 42.1 Å². The number of nitrogens with one attached hydrogen (secondary N) is 2. The molecule has 0 aromatic carbocycles. The second-order valence-electron chi connectivity index (χ2n) is 8.25. The summed E-state index contributed by atoms with van der Waals surface area (Å²) < 4.78 is 7.41. The number of pyridine rings is 1. The van der Waals surface area contributed by atoms with Crippen molar-refractivity contribution in [2.24, 2.45) is 0 Å². The van der Waals surface area contributed by atoms with Crippen LogP contribution in [0.3, 0.4) is 0 Å². The predicted molar refractivity (Wildman–Crippen MR) is 122 cm³/mol. The van der Waals surface area contributed by atoms with E-state index in [1.54, 1.807) is 18.9 Å². The van der Waals surface area contributed by atoms with E-state index in [1.165, 1.54) is 0 Å². The van der Waals surface area contributed by atoms with Gasteiger partial charge < -0.3 is 21.1 Å². The molecule has 2 aliphatic heterocycles. The van der Waals surface area contributed by atoms with Gasteiger partial charge >= 0.3 is 0 Å². The molecule has 0 saturated carbocycles. The minimum absolute atomic E-state index is 0.0614. The number of aromatic nitrogens is 5. The van der Waals surface area contributed by atoms with Crippen LogP contribution in [0.4, 0.5) is 5.95 Å². The standard InChI is InChI=1S/C21H26N8O2S/c1-10-7-24-15(11(2)17(10)31-3)8-29-18-16-14(28-29)6-12(25-13-4-5-23-19(13)30)9-32-20(16)27-21(22)26-18/h7,12-13,25H,4-6,8-9H2,1-3H3,(H,23,30)(H2,22,26,27)/t12?,13-/m1/s1. The van der Waals surface area contributed by atoms with Gasteiger partial charge in [-0.2, -0.15) is 10.1 Å². The van der Waals surface area contributed by atoms with E-state index in [0.717, 1.165) is 50.9 Å².